The van der Waals surface area contributed by atoms with E-state index in [1.54, 1.807) is 7.11 Å². The highest BCUT2D eigenvalue weighted by Gasteiger charge is 2.28. The van der Waals surface area contributed by atoms with E-state index >= 15 is 0 Å². The van der Waals surface area contributed by atoms with Crippen LogP contribution in [0.4, 0.5) is 0 Å². The number of carbonyl (C=O) groups excluding carboxylic acids is 1. The molecule has 2 rings (SSSR count). The fraction of sp³-hybridized carbons (Fsp3) is 0.462. The molecule has 0 spiro atoms. The molecule has 104 valence electrons. The monoisotopic (exact) mass is 346 g/mol. The van der Waals surface area contributed by atoms with Gasteiger partial charge in [0.1, 0.15) is 0 Å². The molecule has 0 aromatic heterocycles. The molecule has 1 amide bonds. The van der Waals surface area contributed by atoms with E-state index in [1.807, 2.05) is 18.2 Å². The molecule has 0 saturated carbocycles. The van der Waals surface area contributed by atoms with E-state index in [-0.39, 0.29) is 18.1 Å². The van der Waals surface area contributed by atoms with E-state index in [2.05, 4.69) is 26.6 Å². The van der Waals surface area contributed by atoms with Gasteiger partial charge >= 0.3 is 0 Å². The van der Waals surface area contributed by atoms with Crippen LogP contribution in [0.15, 0.2) is 22.7 Å². The average Bonchev–Trinajstić information content (AvgIpc) is 2.86. The van der Waals surface area contributed by atoms with Gasteiger partial charge in [-0.2, -0.15) is 0 Å². The summed E-state index contributed by atoms with van der Waals surface area (Å²) in [4.78, 5) is 12.0. The summed E-state index contributed by atoms with van der Waals surface area (Å²) in [5.74, 6) is -0.0152. The number of benzene rings is 1. The van der Waals surface area contributed by atoms with Crippen molar-refractivity contribution in [3.8, 4) is 0 Å². The molecule has 0 bridgehead atoms. The molecule has 2 N–H and O–H groups in total. The topological polar surface area (TPSA) is 50.4 Å². The predicted molar refractivity (Wildman–Crippen MR) is 78.2 cm³/mol. The smallest absolute Gasteiger partial charge is 0.237 e. The van der Waals surface area contributed by atoms with Gasteiger partial charge in [-0.05, 0) is 24.1 Å². The second kappa shape index (κ2) is 6.70. The quantitative estimate of drug-likeness (QED) is 0.877. The van der Waals surface area contributed by atoms with Crippen LogP contribution in [-0.2, 0) is 16.1 Å². The maximum Gasteiger partial charge on any atom is 0.237 e. The number of hydrogen-bond donors (Lipinski definition) is 2. The molecule has 1 aliphatic rings. The van der Waals surface area contributed by atoms with Crippen LogP contribution < -0.4 is 10.6 Å². The fourth-order valence-corrected chi connectivity index (χ4v) is 2.79. The third-order valence-electron chi connectivity index (χ3n) is 3.21. The maximum atomic E-state index is 12.0. The predicted octanol–water partition coefficient (Wildman–Crippen LogP) is 2.10. The van der Waals surface area contributed by atoms with Crippen molar-refractivity contribution >= 4 is 33.4 Å². The summed E-state index contributed by atoms with van der Waals surface area (Å²) < 4.78 is 6.14. The van der Waals surface area contributed by atoms with Crippen LogP contribution in [0.1, 0.15) is 12.0 Å². The van der Waals surface area contributed by atoms with E-state index in [4.69, 9.17) is 16.3 Å². The molecule has 1 aliphatic heterocycles. The van der Waals surface area contributed by atoms with Gasteiger partial charge in [0.2, 0.25) is 5.91 Å². The molecule has 6 heteroatoms. The highest BCUT2D eigenvalue weighted by molar-refractivity contribution is 9.10. The highest BCUT2D eigenvalue weighted by atomic mass is 79.9. The van der Waals surface area contributed by atoms with Gasteiger partial charge in [0.25, 0.3) is 0 Å². The van der Waals surface area contributed by atoms with Gasteiger partial charge in [-0.25, -0.2) is 0 Å². The van der Waals surface area contributed by atoms with Crippen molar-refractivity contribution in [2.75, 3.05) is 13.7 Å². The van der Waals surface area contributed by atoms with Crippen molar-refractivity contribution in [3.05, 3.63) is 33.3 Å². The van der Waals surface area contributed by atoms with Crippen LogP contribution >= 0.6 is 27.5 Å². The molecule has 1 saturated heterocycles. The van der Waals surface area contributed by atoms with E-state index in [0.717, 1.165) is 10.0 Å². The van der Waals surface area contributed by atoms with Crippen molar-refractivity contribution in [2.24, 2.45) is 0 Å². The molecular formula is C13H16BrClN2O2. The first-order valence-corrected chi connectivity index (χ1v) is 7.25. The number of ether oxygens (including phenoxy) is 1. The van der Waals surface area contributed by atoms with Crippen molar-refractivity contribution in [2.45, 2.75) is 25.1 Å². The molecule has 0 aliphatic carbocycles. The minimum atomic E-state index is -0.181. The normalized spacial score (nSPS) is 22.5. The van der Waals surface area contributed by atoms with E-state index in [9.17, 15) is 4.79 Å². The largest absolute Gasteiger partial charge is 0.380 e. The lowest BCUT2D eigenvalue weighted by Gasteiger charge is -2.12. The minimum Gasteiger partial charge on any atom is -0.380 e. The lowest BCUT2D eigenvalue weighted by molar-refractivity contribution is -0.123. The third-order valence-corrected chi connectivity index (χ3v) is 4.05. The van der Waals surface area contributed by atoms with E-state index < -0.39 is 0 Å². The Bertz CT molecular complexity index is 470. The van der Waals surface area contributed by atoms with Crippen LogP contribution in [-0.4, -0.2) is 31.7 Å². The second-order valence-corrected chi connectivity index (χ2v) is 5.83. The molecule has 1 aromatic carbocycles. The van der Waals surface area contributed by atoms with Crippen LogP contribution in [0.2, 0.25) is 5.02 Å². The molecule has 1 heterocycles. The van der Waals surface area contributed by atoms with E-state index in [0.29, 0.717) is 24.5 Å². The molecule has 19 heavy (non-hydrogen) atoms. The number of nitrogens with one attached hydrogen (secondary N) is 2. The first-order valence-electron chi connectivity index (χ1n) is 6.08. The number of halogens is 2. The maximum absolute atomic E-state index is 12.0. The van der Waals surface area contributed by atoms with Gasteiger partial charge < -0.3 is 15.4 Å². The van der Waals surface area contributed by atoms with Gasteiger partial charge in [-0.15, -0.1) is 0 Å². The van der Waals surface area contributed by atoms with E-state index in [1.165, 1.54) is 0 Å². The summed E-state index contributed by atoms with van der Waals surface area (Å²) in [7, 11) is 1.66. The molecule has 1 aromatic rings. The van der Waals surface area contributed by atoms with Crippen LogP contribution in [0.3, 0.4) is 0 Å². The van der Waals surface area contributed by atoms with Crippen LogP contribution in [0.25, 0.3) is 0 Å². The number of carbonyl (C=O) groups is 1. The van der Waals surface area contributed by atoms with Crippen molar-refractivity contribution < 1.29 is 9.53 Å². The molecular weight excluding hydrogens is 332 g/mol. The number of amides is 1. The first kappa shape index (κ1) is 14.8. The molecule has 1 fully saturated rings. The summed E-state index contributed by atoms with van der Waals surface area (Å²) >= 11 is 9.45. The first-order chi connectivity index (χ1) is 9.10. The molecule has 4 nitrogen and oxygen atoms in total. The van der Waals surface area contributed by atoms with Gasteiger partial charge in [0.05, 0.1) is 12.1 Å². The van der Waals surface area contributed by atoms with Crippen molar-refractivity contribution in [1.82, 2.24) is 10.6 Å². The van der Waals surface area contributed by atoms with Crippen LogP contribution in [0.5, 0.6) is 0 Å². The summed E-state index contributed by atoms with van der Waals surface area (Å²) in [6.45, 7) is 1.15. The van der Waals surface area contributed by atoms with Gasteiger partial charge in [-0.1, -0.05) is 33.6 Å². The summed E-state index contributed by atoms with van der Waals surface area (Å²) in [5, 5.41) is 6.67. The molecule has 2 atom stereocenters. The van der Waals surface area contributed by atoms with Gasteiger partial charge in [-0.3, -0.25) is 4.79 Å². The highest BCUT2D eigenvalue weighted by Crippen LogP contribution is 2.21. The van der Waals surface area contributed by atoms with Crippen molar-refractivity contribution in [1.29, 1.82) is 0 Å². The summed E-state index contributed by atoms with van der Waals surface area (Å²) in [6, 6.07) is 5.44. The second-order valence-electron chi connectivity index (χ2n) is 4.51. The average molecular weight is 348 g/mol. The Kier molecular flexibility index (Phi) is 5.21. The van der Waals surface area contributed by atoms with Crippen LogP contribution in [0, 0.1) is 0 Å². The van der Waals surface area contributed by atoms with Crippen molar-refractivity contribution in [3.63, 3.8) is 0 Å². The Morgan fingerprint density at radius 1 is 1.63 bits per heavy atom. The summed E-state index contributed by atoms with van der Waals surface area (Å²) in [5.41, 5.74) is 0.902. The summed E-state index contributed by atoms with van der Waals surface area (Å²) in [6.07, 6.45) is 0.822. The molecule has 0 radical (unpaired) electrons. The lowest BCUT2D eigenvalue weighted by atomic mass is 10.1. The van der Waals surface area contributed by atoms with Gasteiger partial charge in [0.15, 0.2) is 0 Å². The minimum absolute atomic E-state index is 0.0152. The standard InChI is InChI=1S/C13H16BrClN2O2/c1-19-10-5-12(16-7-10)13(18)17-6-8-2-3-9(14)4-11(8)15/h2-4,10,12,16H,5-7H2,1H3,(H,17,18)/t10-,12-/m0/s1. The zero-order valence-electron chi connectivity index (χ0n) is 10.6. The Hall–Kier alpha value is -0.620. The fourth-order valence-electron chi connectivity index (χ4n) is 2.05. The number of methoxy groups -OCH3 is 1. The third kappa shape index (κ3) is 3.92. The Morgan fingerprint density at radius 2 is 2.42 bits per heavy atom. The Balaban J connectivity index is 1.87. The Morgan fingerprint density at radius 3 is 3.05 bits per heavy atom. The Labute approximate surface area is 126 Å². The zero-order chi connectivity index (χ0) is 13.8. The number of rotatable bonds is 4. The SMILES string of the molecule is CO[C@@H]1CN[C@H](C(=O)NCc2ccc(Br)cc2Cl)C1. The lowest BCUT2D eigenvalue weighted by Crippen LogP contribution is -2.40. The molecule has 0 unspecified atom stereocenters. The number of hydrogen-bond acceptors (Lipinski definition) is 3. The van der Waals surface area contributed by atoms with Gasteiger partial charge in [0, 0.05) is 29.7 Å². The zero-order valence-corrected chi connectivity index (χ0v) is 12.9.